The minimum Gasteiger partial charge on any atom is -0.496 e. The number of aryl methyl sites for hydroxylation is 2. The third-order valence-corrected chi connectivity index (χ3v) is 5.01. The highest BCUT2D eigenvalue weighted by atomic mass is 32.1. The van der Waals surface area contributed by atoms with Gasteiger partial charge in [0.1, 0.15) is 5.75 Å². The van der Waals surface area contributed by atoms with E-state index in [0.29, 0.717) is 22.4 Å². The van der Waals surface area contributed by atoms with Crippen LogP contribution in [0.15, 0.2) is 40.8 Å². The lowest BCUT2D eigenvalue weighted by Gasteiger charge is -2.11. The van der Waals surface area contributed by atoms with Crippen molar-refractivity contribution in [2.45, 2.75) is 13.8 Å². The lowest BCUT2D eigenvalue weighted by Crippen LogP contribution is -1.98. The third-order valence-electron chi connectivity index (χ3n) is 4.26. The minimum absolute atomic E-state index is 0.600. The Morgan fingerprint density at radius 3 is 2.36 bits per heavy atom. The molecule has 1 heterocycles. The van der Waals surface area contributed by atoms with Gasteiger partial charge in [0, 0.05) is 22.6 Å². The van der Waals surface area contributed by atoms with E-state index >= 15 is 0 Å². The highest BCUT2D eigenvalue weighted by Gasteiger charge is 2.11. The predicted molar refractivity (Wildman–Crippen MR) is 114 cm³/mol. The molecule has 0 fully saturated rings. The van der Waals surface area contributed by atoms with Crippen LogP contribution in [0.25, 0.3) is 11.3 Å². The van der Waals surface area contributed by atoms with E-state index in [2.05, 4.69) is 47.6 Å². The van der Waals surface area contributed by atoms with Crippen LogP contribution in [0, 0.1) is 13.8 Å². The molecule has 6 nitrogen and oxygen atoms in total. The van der Waals surface area contributed by atoms with Crippen LogP contribution < -0.4 is 19.6 Å². The van der Waals surface area contributed by atoms with Gasteiger partial charge in [-0.25, -0.2) is 4.98 Å². The zero-order valence-electron chi connectivity index (χ0n) is 16.6. The van der Waals surface area contributed by atoms with Gasteiger partial charge in [0.15, 0.2) is 11.5 Å². The summed E-state index contributed by atoms with van der Waals surface area (Å²) in [5.41, 5.74) is 8.25. The molecular weight excluding hydrogens is 374 g/mol. The fraction of sp³-hybridized carbons (Fsp3) is 0.238. The summed E-state index contributed by atoms with van der Waals surface area (Å²) in [6, 6.07) is 9.93. The Kier molecular flexibility index (Phi) is 6.16. The summed E-state index contributed by atoms with van der Waals surface area (Å²) in [6.45, 7) is 4.18. The van der Waals surface area contributed by atoms with E-state index in [9.17, 15) is 0 Å². The number of hydrogen-bond acceptors (Lipinski definition) is 7. The van der Waals surface area contributed by atoms with Crippen molar-refractivity contribution in [1.82, 2.24) is 4.98 Å². The van der Waals surface area contributed by atoms with Gasteiger partial charge >= 0.3 is 0 Å². The third kappa shape index (κ3) is 4.26. The largest absolute Gasteiger partial charge is 0.496 e. The summed E-state index contributed by atoms with van der Waals surface area (Å²) in [6.07, 6.45) is 1.67. The summed E-state index contributed by atoms with van der Waals surface area (Å²) in [5, 5.41) is 7.03. The van der Waals surface area contributed by atoms with Crippen LogP contribution in [0.1, 0.15) is 16.7 Å². The fourth-order valence-electron chi connectivity index (χ4n) is 2.86. The summed E-state index contributed by atoms with van der Waals surface area (Å²) in [4.78, 5) is 4.62. The Hall–Kier alpha value is -3.06. The molecule has 0 bridgehead atoms. The molecule has 1 N–H and O–H groups in total. The fourth-order valence-corrected chi connectivity index (χ4v) is 3.52. The normalized spacial score (nSPS) is 10.9. The molecule has 0 aliphatic heterocycles. The second kappa shape index (κ2) is 8.75. The number of nitrogens with zero attached hydrogens (tertiary/aromatic N) is 2. The van der Waals surface area contributed by atoms with E-state index in [-0.39, 0.29) is 0 Å². The number of hydrogen-bond donors (Lipinski definition) is 1. The van der Waals surface area contributed by atoms with Crippen LogP contribution >= 0.6 is 11.3 Å². The average molecular weight is 398 g/mol. The Balaban J connectivity index is 1.78. The van der Waals surface area contributed by atoms with Crippen molar-refractivity contribution in [3.8, 4) is 28.5 Å². The number of methoxy groups -OCH3 is 3. The van der Waals surface area contributed by atoms with Gasteiger partial charge in [-0.05, 0) is 25.5 Å². The maximum atomic E-state index is 5.41. The zero-order valence-corrected chi connectivity index (χ0v) is 17.4. The molecule has 3 rings (SSSR count). The quantitative estimate of drug-likeness (QED) is 0.454. The number of anilines is 1. The molecule has 0 saturated carbocycles. The number of ether oxygens (including phenoxy) is 3. The molecule has 0 aliphatic carbocycles. The number of benzene rings is 2. The summed E-state index contributed by atoms with van der Waals surface area (Å²) in [7, 11) is 4.78. The predicted octanol–water partition coefficient (Wildman–Crippen LogP) is 4.90. The van der Waals surface area contributed by atoms with Gasteiger partial charge < -0.3 is 14.2 Å². The maximum absolute atomic E-state index is 5.41. The first-order valence-electron chi connectivity index (χ1n) is 8.68. The van der Waals surface area contributed by atoms with Crippen LogP contribution in [-0.2, 0) is 0 Å². The van der Waals surface area contributed by atoms with Crippen molar-refractivity contribution < 1.29 is 14.2 Å². The molecule has 28 heavy (non-hydrogen) atoms. The van der Waals surface area contributed by atoms with Crippen LogP contribution in [0.3, 0.4) is 0 Å². The minimum atomic E-state index is 0.600. The lowest BCUT2D eigenvalue weighted by atomic mass is 10.0. The van der Waals surface area contributed by atoms with Gasteiger partial charge in [-0.2, -0.15) is 5.10 Å². The van der Waals surface area contributed by atoms with Gasteiger partial charge in [-0.3, -0.25) is 5.43 Å². The molecule has 2 aromatic carbocycles. The van der Waals surface area contributed by atoms with Crippen LogP contribution in [0.5, 0.6) is 17.2 Å². The van der Waals surface area contributed by atoms with Crippen LogP contribution in [0.4, 0.5) is 5.13 Å². The first-order valence-corrected chi connectivity index (χ1v) is 9.56. The summed E-state index contributed by atoms with van der Waals surface area (Å²) in [5.74, 6) is 1.84. The molecule has 7 heteroatoms. The molecule has 1 aromatic heterocycles. The Morgan fingerprint density at radius 1 is 0.964 bits per heavy atom. The number of thiazole rings is 1. The Bertz CT molecular complexity index is 999. The van der Waals surface area contributed by atoms with Gasteiger partial charge in [0.2, 0.25) is 5.13 Å². The average Bonchev–Trinajstić information content (AvgIpc) is 3.16. The van der Waals surface area contributed by atoms with E-state index in [1.165, 1.54) is 22.5 Å². The highest BCUT2D eigenvalue weighted by molar-refractivity contribution is 7.14. The van der Waals surface area contributed by atoms with Crippen molar-refractivity contribution in [1.29, 1.82) is 0 Å². The smallest absolute Gasteiger partial charge is 0.203 e. The molecule has 0 saturated heterocycles. The van der Waals surface area contributed by atoms with Crippen LogP contribution in [-0.4, -0.2) is 32.5 Å². The second-order valence-electron chi connectivity index (χ2n) is 6.18. The Labute approximate surface area is 168 Å². The van der Waals surface area contributed by atoms with Crippen molar-refractivity contribution in [3.63, 3.8) is 0 Å². The van der Waals surface area contributed by atoms with Gasteiger partial charge in [-0.15, -0.1) is 11.3 Å². The van der Waals surface area contributed by atoms with Crippen molar-refractivity contribution in [2.75, 3.05) is 26.8 Å². The lowest BCUT2D eigenvalue weighted by molar-refractivity contribution is 0.349. The highest BCUT2D eigenvalue weighted by Crippen LogP contribution is 2.34. The standard InChI is InChI=1S/C21H23N3O3S/c1-13-6-7-16(14(2)8-13)17-12-28-21(23-17)24-22-11-15-9-19(26-4)20(27-5)10-18(15)25-3/h6-12H,1-5H3,(H,23,24)/b22-11-. The number of aromatic nitrogens is 1. The van der Waals surface area contributed by atoms with E-state index in [0.717, 1.165) is 16.8 Å². The van der Waals surface area contributed by atoms with Crippen molar-refractivity contribution >= 4 is 22.7 Å². The van der Waals surface area contributed by atoms with Crippen molar-refractivity contribution in [3.05, 3.63) is 52.4 Å². The van der Waals surface area contributed by atoms with Crippen molar-refractivity contribution in [2.24, 2.45) is 5.10 Å². The topological polar surface area (TPSA) is 65.0 Å². The molecule has 0 aliphatic rings. The molecule has 3 aromatic rings. The number of nitrogens with one attached hydrogen (secondary N) is 1. The first kappa shape index (κ1) is 19.7. The summed E-state index contributed by atoms with van der Waals surface area (Å²) < 4.78 is 16.0. The van der Waals surface area contributed by atoms with Gasteiger partial charge in [0.25, 0.3) is 0 Å². The first-order chi connectivity index (χ1) is 13.5. The summed E-state index contributed by atoms with van der Waals surface area (Å²) >= 11 is 1.50. The van der Waals surface area contributed by atoms with Gasteiger partial charge in [0.05, 0.1) is 33.2 Å². The zero-order chi connectivity index (χ0) is 20.1. The molecule has 0 radical (unpaired) electrons. The molecule has 0 amide bonds. The number of rotatable bonds is 7. The SMILES string of the molecule is COc1cc(OC)c(OC)cc1/C=N\Nc1nc(-c2ccc(C)cc2C)cs1. The molecule has 146 valence electrons. The van der Waals surface area contributed by atoms with Crippen LogP contribution in [0.2, 0.25) is 0 Å². The number of hydrazone groups is 1. The molecule has 0 atom stereocenters. The van der Waals surface area contributed by atoms with E-state index in [1.54, 1.807) is 33.6 Å². The molecule has 0 unspecified atom stereocenters. The molecule has 0 spiro atoms. The second-order valence-corrected chi connectivity index (χ2v) is 7.03. The maximum Gasteiger partial charge on any atom is 0.203 e. The van der Waals surface area contributed by atoms with E-state index in [1.807, 2.05) is 11.4 Å². The van der Waals surface area contributed by atoms with Gasteiger partial charge in [-0.1, -0.05) is 23.8 Å². The monoisotopic (exact) mass is 397 g/mol. The van der Waals surface area contributed by atoms with E-state index < -0.39 is 0 Å². The van der Waals surface area contributed by atoms with E-state index in [4.69, 9.17) is 14.2 Å². The Morgan fingerprint density at radius 2 is 1.68 bits per heavy atom. The molecular formula is C21H23N3O3S.